The van der Waals surface area contributed by atoms with Gasteiger partial charge in [0, 0.05) is 38.6 Å². The van der Waals surface area contributed by atoms with Crippen molar-refractivity contribution in [1.29, 1.82) is 0 Å². The van der Waals surface area contributed by atoms with E-state index in [9.17, 15) is 19.5 Å². The first kappa shape index (κ1) is 22.8. The van der Waals surface area contributed by atoms with Gasteiger partial charge in [-0.05, 0) is 35.1 Å². The van der Waals surface area contributed by atoms with Crippen molar-refractivity contribution in [2.75, 3.05) is 32.9 Å². The Morgan fingerprint density at radius 1 is 0.970 bits per heavy atom. The summed E-state index contributed by atoms with van der Waals surface area (Å²) in [6.07, 6.45) is 0.175. The second-order valence-electron chi connectivity index (χ2n) is 8.48. The van der Waals surface area contributed by atoms with Crippen molar-refractivity contribution >= 4 is 18.0 Å². The summed E-state index contributed by atoms with van der Waals surface area (Å²) in [6, 6.07) is 16.2. The zero-order valence-electron chi connectivity index (χ0n) is 18.3. The molecule has 1 heterocycles. The van der Waals surface area contributed by atoms with E-state index >= 15 is 0 Å². The summed E-state index contributed by atoms with van der Waals surface area (Å²) in [5.41, 5.74) is 3.58. The lowest BCUT2D eigenvalue weighted by atomic mass is 9.80. The predicted octanol–water partition coefficient (Wildman–Crippen LogP) is 2.91. The van der Waals surface area contributed by atoms with Crippen molar-refractivity contribution in [2.24, 2.45) is 5.41 Å². The molecule has 4 rings (SSSR count). The maximum absolute atomic E-state index is 12.2. The molecule has 1 saturated heterocycles. The van der Waals surface area contributed by atoms with Gasteiger partial charge in [-0.25, -0.2) is 4.79 Å². The Hall–Kier alpha value is -3.39. The van der Waals surface area contributed by atoms with Crippen molar-refractivity contribution in [3.05, 3.63) is 59.7 Å². The monoisotopic (exact) mass is 452 g/mol. The molecule has 0 unspecified atom stereocenters. The number of rotatable bonds is 8. The van der Waals surface area contributed by atoms with Gasteiger partial charge in [-0.15, -0.1) is 0 Å². The molecular weight excluding hydrogens is 424 g/mol. The van der Waals surface area contributed by atoms with Gasteiger partial charge in [0.2, 0.25) is 5.91 Å². The zero-order chi connectivity index (χ0) is 23.3. The van der Waals surface area contributed by atoms with Crippen LogP contribution in [0.4, 0.5) is 4.79 Å². The highest BCUT2D eigenvalue weighted by atomic mass is 16.5. The average molecular weight is 453 g/mol. The molecule has 2 aromatic rings. The predicted molar refractivity (Wildman–Crippen MR) is 121 cm³/mol. The van der Waals surface area contributed by atoms with Gasteiger partial charge in [0.05, 0.1) is 5.41 Å². The minimum absolute atomic E-state index is 0.0295. The van der Waals surface area contributed by atoms with Crippen LogP contribution in [-0.2, 0) is 19.1 Å². The van der Waals surface area contributed by atoms with E-state index in [1.807, 2.05) is 36.4 Å². The summed E-state index contributed by atoms with van der Waals surface area (Å²) in [6.45, 7) is 1.09. The molecule has 0 radical (unpaired) electrons. The topological polar surface area (TPSA) is 114 Å². The van der Waals surface area contributed by atoms with Crippen LogP contribution in [0.5, 0.6) is 0 Å². The highest BCUT2D eigenvalue weighted by Gasteiger charge is 2.40. The lowest BCUT2D eigenvalue weighted by Gasteiger charge is -2.33. The largest absolute Gasteiger partial charge is 0.481 e. The first-order valence-corrected chi connectivity index (χ1v) is 11.2. The van der Waals surface area contributed by atoms with Crippen LogP contribution in [0.15, 0.2) is 48.5 Å². The molecule has 174 valence electrons. The summed E-state index contributed by atoms with van der Waals surface area (Å²) in [4.78, 5) is 36.0. The molecule has 0 spiro atoms. The third kappa shape index (κ3) is 5.01. The Balaban J connectivity index is 1.22. The summed E-state index contributed by atoms with van der Waals surface area (Å²) >= 11 is 0. The number of carboxylic acids is 1. The van der Waals surface area contributed by atoms with E-state index in [-0.39, 0.29) is 37.9 Å². The van der Waals surface area contributed by atoms with Gasteiger partial charge in [-0.3, -0.25) is 9.59 Å². The highest BCUT2D eigenvalue weighted by molar-refractivity contribution is 5.80. The van der Waals surface area contributed by atoms with Crippen LogP contribution in [0.3, 0.4) is 0 Å². The second kappa shape index (κ2) is 10.0. The zero-order valence-corrected chi connectivity index (χ0v) is 18.3. The maximum Gasteiger partial charge on any atom is 0.407 e. The number of alkyl carbamates (subject to hydrolysis) is 1. The lowest BCUT2D eigenvalue weighted by molar-refractivity contribution is -0.154. The maximum atomic E-state index is 12.2. The number of carbonyl (C=O) groups is 3. The SMILES string of the molecule is O=C(CCNC(=O)OCC1c2ccccc2-c2ccccc21)NCC1(C(=O)O)CCOCC1. The molecular formula is C25H28N2O6. The number of hydrogen-bond donors (Lipinski definition) is 3. The molecule has 0 saturated carbocycles. The minimum atomic E-state index is -0.992. The number of fused-ring (bicyclic) bond motifs is 3. The minimum Gasteiger partial charge on any atom is -0.481 e. The molecule has 1 aliphatic heterocycles. The smallest absolute Gasteiger partial charge is 0.407 e. The molecule has 0 aromatic heterocycles. The molecule has 0 atom stereocenters. The lowest BCUT2D eigenvalue weighted by Crippen LogP contribution is -2.46. The van der Waals surface area contributed by atoms with E-state index in [1.54, 1.807) is 0 Å². The highest BCUT2D eigenvalue weighted by Crippen LogP contribution is 2.44. The quantitative estimate of drug-likeness (QED) is 0.568. The second-order valence-corrected chi connectivity index (χ2v) is 8.48. The molecule has 8 heteroatoms. The van der Waals surface area contributed by atoms with Gasteiger partial charge in [0.1, 0.15) is 6.61 Å². The van der Waals surface area contributed by atoms with Crippen molar-refractivity contribution < 1.29 is 29.0 Å². The first-order valence-electron chi connectivity index (χ1n) is 11.2. The standard InChI is InChI=1S/C25H28N2O6/c28-22(27-16-25(23(29)30)10-13-32-14-11-25)9-12-26-24(31)33-15-21-19-7-3-1-5-17(19)18-6-2-4-8-20(18)21/h1-8,21H,9-16H2,(H,26,31)(H,27,28)(H,29,30). The van der Waals surface area contributed by atoms with E-state index in [4.69, 9.17) is 9.47 Å². The van der Waals surface area contributed by atoms with E-state index < -0.39 is 17.5 Å². The molecule has 1 fully saturated rings. The van der Waals surface area contributed by atoms with Gasteiger partial charge in [0.15, 0.2) is 0 Å². The van der Waals surface area contributed by atoms with E-state index in [0.717, 1.165) is 22.3 Å². The number of carboxylic acid groups (broad SMARTS) is 1. The van der Waals surface area contributed by atoms with Crippen LogP contribution in [0.1, 0.15) is 36.3 Å². The Kier molecular flexibility index (Phi) is 6.93. The van der Waals surface area contributed by atoms with Crippen LogP contribution in [0.25, 0.3) is 11.1 Å². The summed E-state index contributed by atoms with van der Waals surface area (Å²) in [5, 5.41) is 14.8. The molecule has 2 aliphatic rings. The number of hydrogen-bond acceptors (Lipinski definition) is 5. The van der Waals surface area contributed by atoms with Crippen molar-refractivity contribution in [1.82, 2.24) is 10.6 Å². The van der Waals surface area contributed by atoms with Gasteiger partial charge in [-0.2, -0.15) is 0 Å². The van der Waals surface area contributed by atoms with Crippen molar-refractivity contribution in [3.63, 3.8) is 0 Å². The van der Waals surface area contributed by atoms with Crippen LogP contribution in [0, 0.1) is 5.41 Å². The molecule has 2 aromatic carbocycles. The van der Waals surface area contributed by atoms with Gasteiger partial charge in [0.25, 0.3) is 0 Å². The number of nitrogens with one attached hydrogen (secondary N) is 2. The number of benzene rings is 2. The molecule has 0 bridgehead atoms. The molecule has 2 amide bonds. The molecule has 3 N–H and O–H groups in total. The van der Waals surface area contributed by atoms with E-state index in [1.165, 1.54) is 0 Å². The Morgan fingerprint density at radius 2 is 1.58 bits per heavy atom. The van der Waals surface area contributed by atoms with Crippen LogP contribution < -0.4 is 10.6 Å². The Labute approximate surface area is 192 Å². The fourth-order valence-electron chi connectivity index (χ4n) is 4.51. The van der Waals surface area contributed by atoms with E-state index in [0.29, 0.717) is 26.1 Å². The molecule has 33 heavy (non-hydrogen) atoms. The Morgan fingerprint density at radius 3 is 2.18 bits per heavy atom. The van der Waals surface area contributed by atoms with Gasteiger partial charge < -0.3 is 25.2 Å². The van der Waals surface area contributed by atoms with Crippen LogP contribution in [0.2, 0.25) is 0 Å². The summed E-state index contributed by atoms with van der Waals surface area (Å²) in [7, 11) is 0. The fourth-order valence-corrected chi connectivity index (χ4v) is 4.51. The number of ether oxygens (including phenoxy) is 2. The van der Waals surface area contributed by atoms with Crippen LogP contribution >= 0.6 is 0 Å². The normalized spacial score (nSPS) is 16.4. The molecule has 8 nitrogen and oxygen atoms in total. The third-order valence-corrected chi connectivity index (χ3v) is 6.49. The summed E-state index contributed by atoms with van der Waals surface area (Å²) in [5.74, 6) is -1.28. The first-order chi connectivity index (χ1) is 16.0. The number of amides is 2. The molecule has 1 aliphatic carbocycles. The van der Waals surface area contributed by atoms with Crippen molar-refractivity contribution in [3.8, 4) is 11.1 Å². The van der Waals surface area contributed by atoms with Gasteiger partial charge in [-0.1, -0.05) is 48.5 Å². The average Bonchev–Trinajstić information content (AvgIpc) is 3.16. The van der Waals surface area contributed by atoms with Gasteiger partial charge >= 0.3 is 12.1 Å². The fraction of sp³-hybridized carbons (Fsp3) is 0.400. The number of aliphatic carboxylic acids is 1. The third-order valence-electron chi connectivity index (χ3n) is 6.49. The van der Waals surface area contributed by atoms with E-state index in [2.05, 4.69) is 22.8 Å². The van der Waals surface area contributed by atoms with Crippen molar-refractivity contribution in [2.45, 2.75) is 25.2 Å². The van der Waals surface area contributed by atoms with Crippen LogP contribution in [-0.4, -0.2) is 56.0 Å². The number of carbonyl (C=O) groups excluding carboxylic acids is 2. The summed E-state index contributed by atoms with van der Waals surface area (Å²) < 4.78 is 10.7. The Bertz CT molecular complexity index is 986.